The second-order valence-electron chi connectivity index (χ2n) is 8.66. The van der Waals surface area contributed by atoms with Crippen molar-refractivity contribution in [2.45, 2.75) is 84.8 Å². The minimum absolute atomic E-state index is 0.109. The fourth-order valence-electron chi connectivity index (χ4n) is 3.95. The molecule has 0 aliphatic carbocycles. The largest absolute Gasteiger partial charge is 0.378 e. The van der Waals surface area contributed by atoms with E-state index in [2.05, 4.69) is 33.0 Å². The maximum absolute atomic E-state index is 12.6. The Morgan fingerprint density at radius 1 is 1.21 bits per heavy atom. The monoisotopic (exact) mass is 339 g/mol. The first-order valence-corrected chi connectivity index (χ1v) is 9.90. The lowest BCUT2D eigenvalue weighted by Crippen LogP contribution is -2.42. The highest BCUT2D eigenvalue weighted by atomic mass is 16.5. The fraction of sp³-hybridized carbons (Fsp3) is 0.950. The molecule has 0 bridgehead atoms. The summed E-state index contributed by atoms with van der Waals surface area (Å²) in [5, 5.41) is 3.12. The van der Waals surface area contributed by atoms with Crippen molar-refractivity contribution in [3.05, 3.63) is 0 Å². The molecule has 2 rings (SSSR count). The van der Waals surface area contributed by atoms with Gasteiger partial charge in [0.2, 0.25) is 5.91 Å². The molecule has 1 amide bonds. The predicted octanol–water partition coefficient (Wildman–Crippen LogP) is 3.93. The molecule has 0 aromatic rings. The van der Waals surface area contributed by atoms with Gasteiger partial charge in [-0.25, -0.2) is 0 Å². The van der Waals surface area contributed by atoms with E-state index in [1.165, 1.54) is 6.42 Å². The summed E-state index contributed by atoms with van der Waals surface area (Å²) in [4.78, 5) is 12.6. The summed E-state index contributed by atoms with van der Waals surface area (Å²) in [5.41, 5.74) is 0.109. The van der Waals surface area contributed by atoms with Crippen LogP contribution in [0.2, 0.25) is 0 Å². The molecule has 0 aromatic carbocycles. The van der Waals surface area contributed by atoms with Crippen molar-refractivity contribution in [1.29, 1.82) is 0 Å². The molecule has 4 heteroatoms. The number of ether oxygens (including phenoxy) is 2. The van der Waals surface area contributed by atoms with Crippen LogP contribution < -0.4 is 5.32 Å². The topological polar surface area (TPSA) is 47.6 Å². The van der Waals surface area contributed by atoms with Crippen LogP contribution in [0.5, 0.6) is 0 Å². The SMILES string of the molecule is CC(C)CC[C@@]1(CC(=O)NC[C@@H]2CCCO2)CCO[C@H](C(C)C)C1. The third-order valence-electron chi connectivity index (χ3n) is 5.68. The smallest absolute Gasteiger partial charge is 0.220 e. The molecule has 0 radical (unpaired) electrons. The van der Waals surface area contributed by atoms with Crippen LogP contribution in [0.25, 0.3) is 0 Å². The van der Waals surface area contributed by atoms with Crippen molar-refractivity contribution in [1.82, 2.24) is 5.32 Å². The summed E-state index contributed by atoms with van der Waals surface area (Å²) in [6.45, 7) is 11.3. The number of carbonyl (C=O) groups excluding carboxylic acids is 1. The highest BCUT2D eigenvalue weighted by Gasteiger charge is 2.39. The molecule has 2 saturated heterocycles. The maximum Gasteiger partial charge on any atom is 0.220 e. The number of carbonyl (C=O) groups is 1. The van der Waals surface area contributed by atoms with Gasteiger partial charge in [0.15, 0.2) is 0 Å². The molecule has 4 nitrogen and oxygen atoms in total. The van der Waals surface area contributed by atoms with Gasteiger partial charge in [-0.05, 0) is 49.4 Å². The van der Waals surface area contributed by atoms with E-state index in [9.17, 15) is 4.79 Å². The predicted molar refractivity (Wildman–Crippen MR) is 96.9 cm³/mol. The van der Waals surface area contributed by atoms with Gasteiger partial charge < -0.3 is 14.8 Å². The molecule has 2 fully saturated rings. The van der Waals surface area contributed by atoms with Crippen molar-refractivity contribution in [3.63, 3.8) is 0 Å². The number of hydrogen-bond donors (Lipinski definition) is 1. The van der Waals surface area contributed by atoms with Gasteiger partial charge in [-0.15, -0.1) is 0 Å². The van der Waals surface area contributed by atoms with Gasteiger partial charge in [-0.3, -0.25) is 4.79 Å². The van der Waals surface area contributed by atoms with Gasteiger partial charge in [-0.1, -0.05) is 34.1 Å². The highest BCUT2D eigenvalue weighted by Crippen LogP contribution is 2.43. The van der Waals surface area contributed by atoms with Crippen LogP contribution in [0.4, 0.5) is 0 Å². The van der Waals surface area contributed by atoms with Crippen molar-refractivity contribution in [3.8, 4) is 0 Å². The lowest BCUT2D eigenvalue weighted by Gasteiger charge is -2.42. The fourth-order valence-corrected chi connectivity index (χ4v) is 3.95. The van der Waals surface area contributed by atoms with Gasteiger partial charge in [0.05, 0.1) is 12.2 Å². The zero-order chi connectivity index (χ0) is 17.6. The maximum atomic E-state index is 12.6. The van der Waals surface area contributed by atoms with Gasteiger partial charge in [0.25, 0.3) is 0 Å². The van der Waals surface area contributed by atoms with Gasteiger partial charge >= 0.3 is 0 Å². The van der Waals surface area contributed by atoms with Crippen molar-refractivity contribution >= 4 is 5.91 Å². The lowest BCUT2D eigenvalue weighted by molar-refractivity contribution is -0.129. The molecule has 0 saturated carbocycles. The Labute approximate surface area is 148 Å². The first-order chi connectivity index (χ1) is 11.4. The first-order valence-electron chi connectivity index (χ1n) is 9.90. The van der Waals surface area contributed by atoms with E-state index in [1.807, 2.05) is 0 Å². The quantitative estimate of drug-likeness (QED) is 0.729. The Morgan fingerprint density at radius 3 is 2.62 bits per heavy atom. The second kappa shape index (κ2) is 9.19. The van der Waals surface area contributed by atoms with Crippen LogP contribution in [0.1, 0.15) is 72.6 Å². The van der Waals surface area contributed by atoms with Crippen molar-refractivity contribution < 1.29 is 14.3 Å². The average Bonchev–Trinajstić information content (AvgIpc) is 3.05. The second-order valence-corrected chi connectivity index (χ2v) is 8.66. The summed E-state index contributed by atoms with van der Waals surface area (Å²) in [5.74, 6) is 1.38. The Morgan fingerprint density at radius 2 is 2.00 bits per heavy atom. The third kappa shape index (κ3) is 6.03. The number of nitrogens with one attached hydrogen (secondary N) is 1. The molecule has 140 valence electrons. The first kappa shape index (κ1) is 19.7. The molecule has 3 atom stereocenters. The number of hydrogen-bond acceptors (Lipinski definition) is 3. The Balaban J connectivity index is 1.92. The lowest BCUT2D eigenvalue weighted by atomic mass is 9.69. The summed E-state index contributed by atoms with van der Waals surface area (Å²) in [6, 6.07) is 0. The molecule has 2 aliphatic rings. The van der Waals surface area contributed by atoms with E-state index in [0.29, 0.717) is 24.8 Å². The van der Waals surface area contributed by atoms with E-state index in [0.717, 1.165) is 45.3 Å². The zero-order valence-electron chi connectivity index (χ0n) is 16.1. The molecule has 0 spiro atoms. The van der Waals surface area contributed by atoms with E-state index < -0.39 is 0 Å². The van der Waals surface area contributed by atoms with Crippen LogP contribution in [0, 0.1) is 17.3 Å². The van der Waals surface area contributed by atoms with Gasteiger partial charge in [0.1, 0.15) is 0 Å². The summed E-state index contributed by atoms with van der Waals surface area (Å²) < 4.78 is 11.6. The standard InChI is InChI=1S/C20H37NO3/c1-15(2)7-8-20(9-11-24-18(12-20)16(3)4)13-19(22)21-14-17-6-5-10-23-17/h15-18H,5-14H2,1-4H3,(H,21,22)/t17-,18-,20+/m0/s1. The van der Waals surface area contributed by atoms with Crippen LogP contribution in [-0.4, -0.2) is 37.9 Å². The van der Waals surface area contributed by atoms with E-state index in [1.54, 1.807) is 0 Å². The minimum atomic E-state index is 0.109. The van der Waals surface area contributed by atoms with E-state index in [-0.39, 0.29) is 23.5 Å². The van der Waals surface area contributed by atoms with E-state index >= 15 is 0 Å². The van der Waals surface area contributed by atoms with Crippen LogP contribution in [0.3, 0.4) is 0 Å². The van der Waals surface area contributed by atoms with Crippen molar-refractivity contribution in [2.75, 3.05) is 19.8 Å². The average molecular weight is 340 g/mol. The zero-order valence-corrected chi connectivity index (χ0v) is 16.1. The Hall–Kier alpha value is -0.610. The molecule has 2 heterocycles. The molecular weight excluding hydrogens is 302 g/mol. The van der Waals surface area contributed by atoms with Gasteiger partial charge in [-0.2, -0.15) is 0 Å². The molecule has 0 aromatic heterocycles. The summed E-state index contributed by atoms with van der Waals surface area (Å²) >= 11 is 0. The van der Waals surface area contributed by atoms with Crippen LogP contribution in [0.15, 0.2) is 0 Å². The summed E-state index contributed by atoms with van der Waals surface area (Å²) in [6.07, 6.45) is 7.68. The molecule has 24 heavy (non-hydrogen) atoms. The minimum Gasteiger partial charge on any atom is -0.378 e. The van der Waals surface area contributed by atoms with Crippen molar-refractivity contribution in [2.24, 2.45) is 17.3 Å². The van der Waals surface area contributed by atoms with Gasteiger partial charge in [0, 0.05) is 26.2 Å². The molecule has 1 N–H and O–H groups in total. The normalized spacial score (nSPS) is 30.9. The number of amides is 1. The molecule has 0 unspecified atom stereocenters. The Bertz CT molecular complexity index is 390. The van der Waals surface area contributed by atoms with Crippen LogP contribution >= 0.6 is 0 Å². The van der Waals surface area contributed by atoms with Crippen LogP contribution in [-0.2, 0) is 14.3 Å². The summed E-state index contributed by atoms with van der Waals surface area (Å²) in [7, 11) is 0. The Kier molecular flexibility index (Phi) is 7.55. The third-order valence-corrected chi connectivity index (χ3v) is 5.68. The molecular formula is C20H37NO3. The highest BCUT2D eigenvalue weighted by molar-refractivity contribution is 5.76. The number of rotatable bonds is 8. The molecule has 2 aliphatic heterocycles. The van der Waals surface area contributed by atoms with E-state index in [4.69, 9.17) is 9.47 Å².